The Morgan fingerprint density at radius 2 is 1.81 bits per heavy atom. The molecular weight excluding hydrogens is 344 g/mol. The maximum Gasteiger partial charge on any atom is 0.258 e. The summed E-state index contributed by atoms with van der Waals surface area (Å²) in [5.74, 6) is 0.656. The Hall–Kier alpha value is -2.86. The summed E-state index contributed by atoms with van der Waals surface area (Å²) in [6.07, 6.45) is 1.88. The van der Waals surface area contributed by atoms with E-state index in [0.29, 0.717) is 16.7 Å². The SMILES string of the molecule is C[C@H](Sc1ncc(-c2ccccc2)n1C)c1nc2ccccc2c(=O)[nH]1. The van der Waals surface area contributed by atoms with Crippen LogP contribution in [0.4, 0.5) is 0 Å². The average Bonchev–Trinajstić information content (AvgIpc) is 3.03. The molecule has 1 N–H and O–H groups in total. The van der Waals surface area contributed by atoms with Crippen molar-refractivity contribution in [1.29, 1.82) is 0 Å². The van der Waals surface area contributed by atoms with Gasteiger partial charge in [0.1, 0.15) is 5.82 Å². The van der Waals surface area contributed by atoms with Gasteiger partial charge in [-0.2, -0.15) is 0 Å². The molecule has 0 fully saturated rings. The number of thioether (sulfide) groups is 1. The molecule has 2 aromatic carbocycles. The summed E-state index contributed by atoms with van der Waals surface area (Å²) in [7, 11) is 2.00. The van der Waals surface area contributed by atoms with E-state index in [1.807, 2.05) is 56.6 Å². The van der Waals surface area contributed by atoms with Gasteiger partial charge in [0.15, 0.2) is 5.16 Å². The number of rotatable bonds is 4. The second-order valence-electron chi connectivity index (χ2n) is 6.08. The first-order chi connectivity index (χ1) is 12.6. The third-order valence-electron chi connectivity index (χ3n) is 4.31. The molecule has 0 bridgehead atoms. The molecule has 0 saturated carbocycles. The Balaban J connectivity index is 1.64. The van der Waals surface area contributed by atoms with Crippen LogP contribution in [0.5, 0.6) is 0 Å². The lowest BCUT2D eigenvalue weighted by Gasteiger charge is -2.12. The Kier molecular flexibility index (Phi) is 4.34. The molecule has 26 heavy (non-hydrogen) atoms. The van der Waals surface area contributed by atoms with Gasteiger partial charge in [-0.3, -0.25) is 4.79 Å². The molecule has 2 heterocycles. The normalized spacial score (nSPS) is 12.4. The molecule has 0 unspecified atom stereocenters. The Morgan fingerprint density at radius 3 is 2.62 bits per heavy atom. The summed E-state index contributed by atoms with van der Waals surface area (Å²) < 4.78 is 2.07. The highest BCUT2D eigenvalue weighted by Crippen LogP contribution is 2.34. The summed E-state index contributed by atoms with van der Waals surface area (Å²) in [5.41, 5.74) is 2.78. The van der Waals surface area contributed by atoms with Crippen LogP contribution in [0.25, 0.3) is 22.2 Å². The fraction of sp³-hybridized carbons (Fsp3) is 0.150. The lowest BCUT2D eigenvalue weighted by Crippen LogP contribution is -2.13. The third kappa shape index (κ3) is 3.04. The first-order valence-corrected chi connectivity index (χ1v) is 9.24. The van der Waals surface area contributed by atoms with Gasteiger partial charge in [0, 0.05) is 7.05 Å². The fourth-order valence-electron chi connectivity index (χ4n) is 2.89. The number of hydrogen-bond donors (Lipinski definition) is 1. The van der Waals surface area contributed by atoms with Gasteiger partial charge < -0.3 is 9.55 Å². The molecule has 0 aliphatic rings. The standard InChI is InChI=1S/C20H18N4OS/c1-13(18-22-16-11-7-6-10-15(16)19(25)23-18)26-20-21-12-17(24(20)2)14-8-4-3-5-9-14/h3-13H,1-2H3,(H,22,23,25)/t13-/m0/s1. The zero-order valence-corrected chi connectivity index (χ0v) is 15.3. The van der Waals surface area contributed by atoms with E-state index in [0.717, 1.165) is 16.4 Å². The quantitative estimate of drug-likeness (QED) is 0.553. The van der Waals surface area contributed by atoms with Crippen LogP contribution < -0.4 is 5.56 Å². The number of aromatic amines is 1. The van der Waals surface area contributed by atoms with Gasteiger partial charge in [-0.15, -0.1) is 0 Å². The highest BCUT2D eigenvalue weighted by molar-refractivity contribution is 7.99. The lowest BCUT2D eigenvalue weighted by atomic mass is 10.2. The van der Waals surface area contributed by atoms with Crippen molar-refractivity contribution in [2.24, 2.45) is 7.05 Å². The number of nitrogens with zero attached hydrogens (tertiary/aromatic N) is 3. The van der Waals surface area contributed by atoms with Crippen molar-refractivity contribution >= 4 is 22.7 Å². The van der Waals surface area contributed by atoms with Crippen molar-refractivity contribution < 1.29 is 0 Å². The molecule has 2 aromatic heterocycles. The summed E-state index contributed by atoms with van der Waals surface area (Å²) in [6, 6.07) is 17.5. The molecule has 0 aliphatic carbocycles. The molecule has 0 amide bonds. The van der Waals surface area contributed by atoms with E-state index in [4.69, 9.17) is 0 Å². The number of imidazole rings is 1. The van der Waals surface area contributed by atoms with Crippen LogP contribution in [0.1, 0.15) is 18.0 Å². The molecule has 0 saturated heterocycles. The molecular formula is C20H18N4OS. The zero-order chi connectivity index (χ0) is 18.1. The first kappa shape index (κ1) is 16.6. The second-order valence-corrected chi connectivity index (χ2v) is 7.39. The van der Waals surface area contributed by atoms with Crippen LogP contribution in [-0.2, 0) is 7.05 Å². The average molecular weight is 362 g/mol. The lowest BCUT2D eigenvalue weighted by molar-refractivity contribution is 0.789. The molecule has 4 aromatic rings. The van der Waals surface area contributed by atoms with Crippen molar-refractivity contribution in [3.05, 3.63) is 77.0 Å². The minimum absolute atomic E-state index is 0.0305. The Labute approximate surface area is 155 Å². The predicted molar refractivity (Wildman–Crippen MR) is 105 cm³/mol. The van der Waals surface area contributed by atoms with E-state index in [1.165, 1.54) is 0 Å². The first-order valence-electron chi connectivity index (χ1n) is 8.36. The summed E-state index contributed by atoms with van der Waals surface area (Å²) in [4.78, 5) is 24.4. The van der Waals surface area contributed by atoms with Gasteiger partial charge in [0.2, 0.25) is 0 Å². The van der Waals surface area contributed by atoms with Gasteiger partial charge in [0.25, 0.3) is 5.56 Å². The van der Waals surface area contributed by atoms with Crippen LogP contribution in [0, 0.1) is 0 Å². The Morgan fingerprint density at radius 1 is 1.08 bits per heavy atom. The largest absolute Gasteiger partial charge is 0.322 e. The number of fused-ring (bicyclic) bond motifs is 1. The minimum atomic E-state index is -0.108. The van der Waals surface area contributed by atoms with Crippen LogP contribution >= 0.6 is 11.8 Å². The van der Waals surface area contributed by atoms with Crippen LogP contribution in [-0.4, -0.2) is 19.5 Å². The van der Waals surface area contributed by atoms with Crippen molar-refractivity contribution in [3.63, 3.8) is 0 Å². The van der Waals surface area contributed by atoms with E-state index in [9.17, 15) is 4.79 Å². The number of para-hydroxylation sites is 1. The van der Waals surface area contributed by atoms with E-state index >= 15 is 0 Å². The molecule has 0 aliphatic heterocycles. The fourth-order valence-corrected chi connectivity index (χ4v) is 3.80. The second kappa shape index (κ2) is 6.80. The highest BCUT2D eigenvalue weighted by atomic mass is 32.2. The molecule has 4 rings (SSSR count). The maximum absolute atomic E-state index is 12.3. The smallest absolute Gasteiger partial charge is 0.258 e. The number of benzene rings is 2. The van der Waals surface area contributed by atoms with Crippen LogP contribution in [0.15, 0.2) is 70.7 Å². The topological polar surface area (TPSA) is 63.6 Å². The Bertz CT molecular complexity index is 1120. The molecule has 5 nitrogen and oxygen atoms in total. The number of nitrogens with one attached hydrogen (secondary N) is 1. The van der Waals surface area contributed by atoms with Crippen molar-refractivity contribution in [3.8, 4) is 11.3 Å². The zero-order valence-electron chi connectivity index (χ0n) is 14.5. The van der Waals surface area contributed by atoms with Gasteiger partial charge in [-0.25, -0.2) is 9.97 Å². The number of H-pyrrole nitrogens is 1. The predicted octanol–water partition coefficient (Wildman–Crippen LogP) is 4.18. The number of hydrogen-bond acceptors (Lipinski definition) is 4. The van der Waals surface area contributed by atoms with E-state index < -0.39 is 0 Å². The van der Waals surface area contributed by atoms with Gasteiger partial charge in [-0.05, 0) is 24.6 Å². The van der Waals surface area contributed by atoms with Gasteiger partial charge in [-0.1, -0.05) is 54.2 Å². The van der Waals surface area contributed by atoms with Crippen LogP contribution in [0.3, 0.4) is 0 Å². The van der Waals surface area contributed by atoms with Crippen molar-refractivity contribution in [2.45, 2.75) is 17.3 Å². The number of aromatic nitrogens is 4. The monoisotopic (exact) mass is 362 g/mol. The van der Waals surface area contributed by atoms with Crippen molar-refractivity contribution in [2.75, 3.05) is 0 Å². The van der Waals surface area contributed by atoms with Gasteiger partial charge >= 0.3 is 0 Å². The molecule has 0 spiro atoms. The van der Waals surface area contributed by atoms with Gasteiger partial charge in [0.05, 0.1) is 28.0 Å². The summed E-state index contributed by atoms with van der Waals surface area (Å²) in [5, 5.41) is 1.46. The van der Waals surface area contributed by atoms with Crippen LogP contribution in [0.2, 0.25) is 0 Å². The molecule has 0 radical (unpaired) electrons. The molecule has 6 heteroatoms. The minimum Gasteiger partial charge on any atom is -0.322 e. The van der Waals surface area contributed by atoms with E-state index in [-0.39, 0.29) is 10.8 Å². The molecule has 130 valence electrons. The summed E-state index contributed by atoms with van der Waals surface area (Å²) in [6.45, 7) is 2.02. The van der Waals surface area contributed by atoms with Crippen molar-refractivity contribution in [1.82, 2.24) is 19.5 Å². The highest BCUT2D eigenvalue weighted by Gasteiger charge is 2.16. The van der Waals surface area contributed by atoms with E-state index in [2.05, 4.69) is 31.7 Å². The maximum atomic E-state index is 12.3. The molecule has 1 atom stereocenters. The van der Waals surface area contributed by atoms with E-state index in [1.54, 1.807) is 17.8 Å². The summed E-state index contributed by atoms with van der Waals surface area (Å²) >= 11 is 1.58. The third-order valence-corrected chi connectivity index (χ3v) is 5.48.